The zero-order chi connectivity index (χ0) is 10.1. The summed E-state index contributed by atoms with van der Waals surface area (Å²) in [6.45, 7) is 1.81. The first kappa shape index (κ1) is 11.3. The number of hydrogen-bond acceptors (Lipinski definition) is 3. The van der Waals surface area contributed by atoms with Crippen molar-refractivity contribution in [2.75, 3.05) is 7.05 Å². The minimum Gasteiger partial charge on any atom is -0.297 e. The Morgan fingerprint density at radius 1 is 1.46 bits per heavy atom. The van der Waals surface area contributed by atoms with E-state index in [-0.39, 0.29) is 0 Å². The minimum atomic E-state index is -0.495. The lowest BCUT2D eigenvalue weighted by Crippen LogP contribution is -1.83. The molecule has 0 saturated heterocycles. The zero-order valence-electron chi connectivity index (χ0n) is 7.68. The van der Waals surface area contributed by atoms with Crippen LogP contribution in [0.15, 0.2) is 41.1 Å². The summed E-state index contributed by atoms with van der Waals surface area (Å²) in [6, 6.07) is 0. The lowest BCUT2D eigenvalue weighted by atomic mass is 10.2. The van der Waals surface area contributed by atoms with E-state index < -0.39 is 4.92 Å². The molecule has 4 nitrogen and oxygen atoms in total. The molecule has 0 radical (unpaired) electrons. The van der Waals surface area contributed by atoms with Gasteiger partial charge in [0.15, 0.2) is 0 Å². The molecule has 0 unspecified atom stereocenters. The molecule has 13 heavy (non-hydrogen) atoms. The van der Waals surface area contributed by atoms with Crippen molar-refractivity contribution in [1.29, 1.82) is 0 Å². The molecular formula is C9H12N2O2. The van der Waals surface area contributed by atoms with Crippen LogP contribution in [0.25, 0.3) is 0 Å². The molecule has 0 rings (SSSR count). The molecule has 0 aromatic carbocycles. The van der Waals surface area contributed by atoms with E-state index in [0.29, 0.717) is 0 Å². The second-order valence-electron chi connectivity index (χ2n) is 2.16. The van der Waals surface area contributed by atoms with Crippen LogP contribution in [-0.4, -0.2) is 18.2 Å². The fourth-order valence-corrected chi connectivity index (χ4v) is 0.635. The van der Waals surface area contributed by atoms with Gasteiger partial charge in [0, 0.05) is 19.3 Å². The third-order valence-electron chi connectivity index (χ3n) is 1.25. The van der Waals surface area contributed by atoms with Crippen LogP contribution < -0.4 is 0 Å². The van der Waals surface area contributed by atoms with Crippen molar-refractivity contribution in [3.8, 4) is 0 Å². The average Bonchev–Trinajstić information content (AvgIpc) is 2.10. The number of rotatable bonds is 4. The number of aliphatic imine (C=N–C) groups is 1. The third kappa shape index (κ3) is 6.68. The normalized spacial score (nSPS) is 13.5. The van der Waals surface area contributed by atoms with Gasteiger partial charge in [-0.1, -0.05) is 12.2 Å². The van der Waals surface area contributed by atoms with E-state index in [2.05, 4.69) is 4.99 Å². The Hall–Kier alpha value is -1.71. The van der Waals surface area contributed by atoms with Crippen LogP contribution in [-0.2, 0) is 0 Å². The molecule has 0 aliphatic rings. The Morgan fingerprint density at radius 2 is 2.15 bits per heavy atom. The predicted molar refractivity (Wildman–Crippen MR) is 53.4 cm³/mol. The van der Waals surface area contributed by atoms with Crippen LogP contribution in [0.4, 0.5) is 0 Å². The van der Waals surface area contributed by atoms with Crippen molar-refractivity contribution in [1.82, 2.24) is 0 Å². The van der Waals surface area contributed by atoms with E-state index in [1.54, 1.807) is 31.5 Å². The molecule has 0 aliphatic heterocycles. The summed E-state index contributed by atoms with van der Waals surface area (Å²) in [5.41, 5.74) is 0.775. The first-order chi connectivity index (χ1) is 6.20. The van der Waals surface area contributed by atoms with Gasteiger partial charge in [-0.3, -0.25) is 15.1 Å². The maximum atomic E-state index is 9.99. The van der Waals surface area contributed by atoms with Gasteiger partial charge in [0.2, 0.25) is 6.20 Å². The summed E-state index contributed by atoms with van der Waals surface area (Å²) in [5.74, 6) is 0. The topological polar surface area (TPSA) is 55.5 Å². The van der Waals surface area contributed by atoms with Gasteiger partial charge in [-0.2, -0.15) is 0 Å². The molecular weight excluding hydrogens is 168 g/mol. The molecule has 0 fully saturated rings. The molecule has 0 N–H and O–H groups in total. The lowest BCUT2D eigenvalue weighted by Gasteiger charge is -1.86. The number of nitrogens with zero attached hydrogens (tertiary/aromatic N) is 2. The Bertz CT molecular complexity index is 275. The summed E-state index contributed by atoms with van der Waals surface area (Å²) in [7, 11) is 1.66. The third-order valence-corrected chi connectivity index (χ3v) is 1.25. The Kier molecular flexibility index (Phi) is 6.05. The molecule has 0 atom stereocenters. The minimum absolute atomic E-state index is 0.495. The monoisotopic (exact) mass is 180 g/mol. The van der Waals surface area contributed by atoms with Crippen molar-refractivity contribution in [3.63, 3.8) is 0 Å². The molecule has 4 heteroatoms. The maximum absolute atomic E-state index is 9.99. The van der Waals surface area contributed by atoms with E-state index in [0.717, 1.165) is 11.8 Å². The SMILES string of the molecule is C/C=C(\C=C/C=NC)/C=C/[N+](=O)[O-]. The van der Waals surface area contributed by atoms with Gasteiger partial charge >= 0.3 is 0 Å². The second kappa shape index (κ2) is 6.97. The van der Waals surface area contributed by atoms with E-state index in [9.17, 15) is 10.1 Å². The van der Waals surface area contributed by atoms with Gasteiger partial charge in [0.05, 0.1) is 4.92 Å². The highest BCUT2D eigenvalue weighted by Crippen LogP contribution is 1.98. The lowest BCUT2D eigenvalue weighted by molar-refractivity contribution is -0.402. The standard InChI is InChI=1S/C9H12N2O2/c1-3-9(5-4-7-10-2)6-8-11(12)13/h3-8H,1-2H3/b5-4-,8-6+,9-3+,10-7?. The maximum Gasteiger partial charge on any atom is 0.235 e. The van der Waals surface area contributed by atoms with Crippen LogP contribution in [0.1, 0.15) is 6.92 Å². The Morgan fingerprint density at radius 3 is 2.62 bits per heavy atom. The molecule has 0 aromatic heterocycles. The van der Waals surface area contributed by atoms with Crippen molar-refractivity contribution in [2.45, 2.75) is 6.92 Å². The van der Waals surface area contributed by atoms with Gasteiger partial charge in [-0.05, 0) is 18.6 Å². The molecule has 0 heterocycles. The molecule has 0 spiro atoms. The predicted octanol–water partition coefficient (Wildman–Crippen LogP) is 1.98. The van der Waals surface area contributed by atoms with Crippen LogP contribution in [0, 0.1) is 10.1 Å². The van der Waals surface area contributed by atoms with Crippen molar-refractivity contribution >= 4 is 6.21 Å². The number of hydrogen-bond donors (Lipinski definition) is 0. The number of allylic oxidation sites excluding steroid dienone is 5. The van der Waals surface area contributed by atoms with Crippen molar-refractivity contribution in [3.05, 3.63) is 46.2 Å². The van der Waals surface area contributed by atoms with Crippen molar-refractivity contribution < 1.29 is 4.92 Å². The van der Waals surface area contributed by atoms with E-state index in [1.165, 1.54) is 6.08 Å². The van der Waals surface area contributed by atoms with Crippen LogP contribution in [0.5, 0.6) is 0 Å². The highest BCUT2D eigenvalue weighted by molar-refractivity contribution is 5.71. The highest BCUT2D eigenvalue weighted by atomic mass is 16.6. The molecule has 0 aliphatic carbocycles. The number of nitro groups is 1. The summed E-state index contributed by atoms with van der Waals surface area (Å²) in [6.07, 6.45) is 9.19. The average molecular weight is 180 g/mol. The van der Waals surface area contributed by atoms with Gasteiger partial charge in [-0.25, -0.2) is 0 Å². The van der Waals surface area contributed by atoms with Gasteiger partial charge in [-0.15, -0.1) is 0 Å². The smallest absolute Gasteiger partial charge is 0.235 e. The van der Waals surface area contributed by atoms with E-state index >= 15 is 0 Å². The summed E-state index contributed by atoms with van der Waals surface area (Å²) in [4.78, 5) is 13.2. The van der Waals surface area contributed by atoms with Crippen LogP contribution >= 0.6 is 0 Å². The fraction of sp³-hybridized carbons (Fsp3) is 0.222. The fourth-order valence-electron chi connectivity index (χ4n) is 0.635. The van der Waals surface area contributed by atoms with Gasteiger partial charge in [0.25, 0.3) is 0 Å². The Labute approximate surface area is 77.1 Å². The van der Waals surface area contributed by atoms with E-state index in [4.69, 9.17) is 0 Å². The summed E-state index contributed by atoms with van der Waals surface area (Å²) < 4.78 is 0. The summed E-state index contributed by atoms with van der Waals surface area (Å²) >= 11 is 0. The zero-order valence-corrected chi connectivity index (χ0v) is 7.68. The second-order valence-corrected chi connectivity index (χ2v) is 2.16. The van der Waals surface area contributed by atoms with E-state index in [1.807, 2.05) is 6.92 Å². The summed E-state index contributed by atoms with van der Waals surface area (Å²) in [5, 5.41) is 9.99. The Balaban J connectivity index is 4.30. The van der Waals surface area contributed by atoms with Crippen LogP contribution in [0.3, 0.4) is 0 Å². The van der Waals surface area contributed by atoms with Gasteiger partial charge in [0.1, 0.15) is 0 Å². The molecule has 0 saturated carbocycles. The largest absolute Gasteiger partial charge is 0.297 e. The first-order valence-electron chi connectivity index (χ1n) is 3.77. The molecule has 70 valence electrons. The quantitative estimate of drug-likeness (QED) is 0.287. The highest BCUT2D eigenvalue weighted by Gasteiger charge is 1.87. The molecule has 0 amide bonds. The molecule has 0 bridgehead atoms. The van der Waals surface area contributed by atoms with Gasteiger partial charge < -0.3 is 0 Å². The first-order valence-corrected chi connectivity index (χ1v) is 3.77. The van der Waals surface area contributed by atoms with Crippen LogP contribution in [0.2, 0.25) is 0 Å². The molecule has 0 aromatic rings. The van der Waals surface area contributed by atoms with Crippen molar-refractivity contribution in [2.24, 2.45) is 4.99 Å².